The Balaban J connectivity index is 4.03. The van der Waals surface area contributed by atoms with Crippen molar-refractivity contribution in [3.8, 4) is 12.1 Å². The second kappa shape index (κ2) is 5.34. The molecule has 0 radical (unpaired) electrons. The summed E-state index contributed by atoms with van der Waals surface area (Å²) in [4.78, 5) is 2.51. The molecule has 3 nitrogen and oxygen atoms in total. The molecular weight excluding hydrogens is 300 g/mol. The van der Waals surface area contributed by atoms with Crippen molar-refractivity contribution in [1.29, 1.82) is 10.5 Å². The highest BCUT2D eigenvalue weighted by atomic mass is 19.4. The van der Waals surface area contributed by atoms with Crippen LogP contribution in [0.5, 0.6) is 0 Å². The van der Waals surface area contributed by atoms with E-state index in [4.69, 9.17) is 17.1 Å². The predicted molar refractivity (Wildman–Crippen MR) is 56.7 cm³/mol. The normalized spacial score (nSPS) is 11.4. The SMILES string of the molecule is [C-]#[N+]c1cc(C#N)c(C(F)(F)F)c(CC#N)c1C(F)(F)F. The number of alkyl halides is 6. The summed E-state index contributed by atoms with van der Waals surface area (Å²) in [6, 6.07) is 2.55. The van der Waals surface area contributed by atoms with E-state index in [9.17, 15) is 26.3 Å². The van der Waals surface area contributed by atoms with Crippen LogP contribution in [-0.4, -0.2) is 0 Å². The molecule has 0 fully saturated rings. The molecule has 1 aromatic rings. The molecule has 1 rings (SSSR count). The Morgan fingerprint density at radius 2 is 1.57 bits per heavy atom. The highest BCUT2D eigenvalue weighted by molar-refractivity contribution is 5.65. The number of nitrogens with zero attached hydrogens (tertiary/aromatic N) is 3. The van der Waals surface area contributed by atoms with Gasteiger partial charge in [0.25, 0.3) is 0 Å². The zero-order valence-corrected chi connectivity index (χ0v) is 9.89. The first-order chi connectivity index (χ1) is 9.57. The molecule has 0 saturated carbocycles. The summed E-state index contributed by atoms with van der Waals surface area (Å²) in [5, 5.41) is 17.2. The molecule has 0 bridgehead atoms. The number of halogens is 6. The minimum atomic E-state index is -5.25. The molecular formula is C12H3F6N3. The zero-order chi connectivity index (χ0) is 16.4. The lowest BCUT2D eigenvalue weighted by molar-refractivity contribution is -0.143. The van der Waals surface area contributed by atoms with Crippen LogP contribution in [-0.2, 0) is 18.8 Å². The number of hydrogen-bond donors (Lipinski definition) is 0. The van der Waals surface area contributed by atoms with E-state index >= 15 is 0 Å². The van der Waals surface area contributed by atoms with Crippen molar-refractivity contribution in [3.63, 3.8) is 0 Å². The lowest BCUT2D eigenvalue weighted by Crippen LogP contribution is -2.18. The summed E-state index contributed by atoms with van der Waals surface area (Å²) in [5.74, 6) is 0. The van der Waals surface area contributed by atoms with Gasteiger partial charge in [0.05, 0.1) is 41.8 Å². The van der Waals surface area contributed by atoms with Crippen LogP contribution < -0.4 is 0 Å². The van der Waals surface area contributed by atoms with Gasteiger partial charge in [-0.25, -0.2) is 4.85 Å². The summed E-state index contributed by atoms with van der Waals surface area (Å²) >= 11 is 0. The van der Waals surface area contributed by atoms with Crippen molar-refractivity contribution < 1.29 is 26.3 Å². The van der Waals surface area contributed by atoms with Crippen LogP contribution in [0, 0.1) is 29.2 Å². The van der Waals surface area contributed by atoms with E-state index in [-0.39, 0.29) is 6.07 Å². The lowest BCUT2D eigenvalue weighted by Gasteiger charge is -2.19. The van der Waals surface area contributed by atoms with Crippen molar-refractivity contribution in [2.24, 2.45) is 0 Å². The average molecular weight is 303 g/mol. The van der Waals surface area contributed by atoms with Crippen molar-refractivity contribution in [3.05, 3.63) is 39.7 Å². The summed E-state index contributed by atoms with van der Waals surface area (Å²) in [7, 11) is 0. The van der Waals surface area contributed by atoms with Crippen molar-refractivity contribution in [2.75, 3.05) is 0 Å². The Hall–Kier alpha value is -2.73. The lowest BCUT2D eigenvalue weighted by atomic mass is 9.92. The molecule has 0 saturated heterocycles. The maximum absolute atomic E-state index is 12.9. The smallest absolute Gasteiger partial charge is 0.237 e. The molecule has 0 heterocycles. The van der Waals surface area contributed by atoms with Crippen LogP contribution in [0.15, 0.2) is 6.07 Å². The summed E-state index contributed by atoms with van der Waals surface area (Å²) in [5.41, 5.74) is -7.32. The second-order valence-corrected chi connectivity index (χ2v) is 3.73. The Bertz CT molecular complexity index is 644. The monoisotopic (exact) mass is 303 g/mol. The van der Waals surface area contributed by atoms with Crippen molar-refractivity contribution in [2.45, 2.75) is 18.8 Å². The van der Waals surface area contributed by atoms with Crippen LogP contribution in [0.2, 0.25) is 0 Å². The fraction of sp³-hybridized carbons (Fsp3) is 0.250. The quantitative estimate of drug-likeness (QED) is 0.576. The fourth-order valence-electron chi connectivity index (χ4n) is 1.80. The predicted octanol–water partition coefficient (Wildman–Crippen LogP) is 4.21. The topological polar surface area (TPSA) is 51.9 Å². The first kappa shape index (κ1) is 16.3. The third-order valence-corrected chi connectivity index (χ3v) is 2.47. The van der Waals surface area contributed by atoms with Crippen molar-refractivity contribution in [1.82, 2.24) is 0 Å². The number of rotatable bonds is 1. The largest absolute Gasteiger partial charge is 0.417 e. The van der Waals surface area contributed by atoms with E-state index < -0.39 is 46.7 Å². The Kier molecular flexibility index (Phi) is 4.15. The molecule has 0 aliphatic heterocycles. The number of nitriles is 2. The third kappa shape index (κ3) is 3.06. The molecule has 0 amide bonds. The molecule has 21 heavy (non-hydrogen) atoms. The van der Waals surface area contributed by atoms with Gasteiger partial charge < -0.3 is 0 Å². The maximum Gasteiger partial charge on any atom is 0.417 e. The molecule has 0 unspecified atom stereocenters. The molecule has 0 N–H and O–H groups in total. The van der Waals surface area contributed by atoms with E-state index in [0.717, 1.165) is 6.07 Å². The molecule has 108 valence electrons. The van der Waals surface area contributed by atoms with Gasteiger partial charge in [0.1, 0.15) is 0 Å². The minimum Gasteiger partial charge on any atom is -0.237 e. The molecule has 9 heteroatoms. The van der Waals surface area contributed by atoms with Gasteiger partial charge in [-0.3, -0.25) is 0 Å². The van der Waals surface area contributed by atoms with Gasteiger partial charge in [-0.1, -0.05) is 0 Å². The van der Waals surface area contributed by atoms with E-state index in [1.807, 2.05) is 0 Å². The van der Waals surface area contributed by atoms with E-state index in [2.05, 4.69) is 4.85 Å². The van der Waals surface area contributed by atoms with Gasteiger partial charge in [-0.15, -0.1) is 0 Å². The molecule has 0 aliphatic carbocycles. The first-order valence-electron chi connectivity index (χ1n) is 5.06. The van der Waals surface area contributed by atoms with Crippen molar-refractivity contribution >= 4 is 5.69 Å². The Labute approximate surface area is 114 Å². The summed E-state index contributed by atoms with van der Waals surface area (Å²) in [6.45, 7) is 6.64. The van der Waals surface area contributed by atoms with Gasteiger partial charge in [0.2, 0.25) is 5.69 Å². The molecule has 0 spiro atoms. The molecule has 0 atom stereocenters. The third-order valence-electron chi connectivity index (χ3n) is 2.47. The summed E-state index contributed by atoms with van der Waals surface area (Å²) < 4.78 is 77.5. The molecule has 1 aromatic carbocycles. The maximum atomic E-state index is 12.9. The number of hydrogen-bond acceptors (Lipinski definition) is 2. The second-order valence-electron chi connectivity index (χ2n) is 3.73. The van der Waals surface area contributed by atoms with Gasteiger partial charge in [-0.2, -0.15) is 36.9 Å². The van der Waals surface area contributed by atoms with E-state index in [1.54, 1.807) is 0 Å². The zero-order valence-electron chi connectivity index (χ0n) is 9.89. The van der Waals surface area contributed by atoms with E-state index in [0.29, 0.717) is 0 Å². The van der Waals surface area contributed by atoms with Crippen LogP contribution >= 0.6 is 0 Å². The Morgan fingerprint density at radius 3 is 1.90 bits per heavy atom. The summed E-state index contributed by atoms with van der Waals surface area (Å²) in [6.07, 6.45) is -11.7. The van der Waals surface area contributed by atoms with Crippen LogP contribution in [0.4, 0.5) is 32.0 Å². The van der Waals surface area contributed by atoms with E-state index in [1.165, 1.54) is 6.07 Å². The minimum absolute atomic E-state index is 0.236. The Morgan fingerprint density at radius 1 is 1.05 bits per heavy atom. The van der Waals surface area contributed by atoms with Crippen LogP contribution in [0.3, 0.4) is 0 Å². The highest BCUT2D eigenvalue weighted by Crippen LogP contribution is 2.46. The highest BCUT2D eigenvalue weighted by Gasteiger charge is 2.44. The van der Waals surface area contributed by atoms with Gasteiger partial charge in [0.15, 0.2) is 0 Å². The molecule has 0 aromatic heterocycles. The van der Waals surface area contributed by atoms with Crippen LogP contribution in [0.25, 0.3) is 4.85 Å². The standard InChI is InChI=1S/C12H3F6N3/c1-21-8-4-6(5-20)9(11(13,14)15)7(2-3-19)10(8)12(16,17)18/h4H,2H2. The first-order valence-corrected chi connectivity index (χ1v) is 5.06. The average Bonchev–Trinajstić information content (AvgIpc) is 2.34. The van der Waals surface area contributed by atoms with Gasteiger partial charge in [0, 0.05) is 0 Å². The molecule has 0 aliphatic rings. The van der Waals surface area contributed by atoms with Gasteiger partial charge >= 0.3 is 12.4 Å². The fourth-order valence-corrected chi connectivity index (χ4v) is 1.80. The van der Waals surface area contributed by atoms with Crippen LogP contribution in [0.1, 0.15) is 22.3 Å². The van der Waals surface area contributed by atoms with Gasteiger partial charge in [-0.05, 0) is 11.6 Å². The number of benzene rings is 1.